The van der Waals surface area contributed by atoms with Crippen LogP contribution in [0.4, 0.5) is 0 Å². The van der Waals surface area contributed by atoms with Gasteiger partial charge in [-0.05, 0) is 54.5 Å². The van der Waals surface area contributed by atoms with Crippen LogP contribution >= 0.6 is 11.8 Å². The Hall–Kier alpha value is -1.25. The molecule has 21 heavy (non-hydrogen) atoms. The molecule has 2 heteroatoms. The fraction of sp³-hybridized carbons (Fsp3) is 0.368. The van der Waals surface area contributed by atoms with Crippen LogP contribution in [-0.4, -0.2) is 24.2 Å². The molecular weight excluding hydrogens is 273 g/mol. The lowest BCUT2D eigenvalue weighted by molar-refractivity contribution is 0.230. The quantitative estimate of drug-likeness (QED) is 0.739. The van der Waals surface area contributed by atoms with Gasteiger partial charge in [-0.1, -0.05) is 36.4 Å². The summed E-state index contributed by atoms with van der Waals surface area (Å²) in [5, 5.41) is 0. The maximum absolute atomic E-state index is 2.69. The molecule has 0 aromatic heterocycles. The van der Waals surface area contributed by atoms with E-state index < -0.39 is 0 Å². The molecule has 2 atom stereocenters. The number of hydrogen-bond acceptors (Lipinski definition) is 2. The van der Waals surface area contributed by atoms with E-state index in [4.69, 9.17) is 0 Å². The first-order valence-electron chi connectivity index (χ1n) is 7.83. The molecule has 0 radical (unpaired) electrons. The molecule has 2 aliphatic heterocycles. The first-order valence-corrected chi connectivity index (χ1v) is 9.06. The summed E-state index contributed by atoms with van der Waals surface area (Å²) in [5.74, 6) is 0.534. The monoisotopic (exact) mass is 294 g/mol. The third-order valence-electron chi connectivity index (χ3n) is 5.03. The summed E-state index contributed by atoms with van der Waals surface area (Å²) in [6.45, 7) is 2.44. The zero-order valence-corrected chi connectivity index (χ0v) is 13.3. The number of nitrogens with zero attached hydrogens (tertiary/aromatic N) is 1. The van der Waals surface area contributed by atoms with Crippen molar-refractivity contribution in [3.63, 3.8) is 0 Å². The second-order valence-electron chi connectivity index (χ2n) is 6.11. The summed E-state index contributed by atoms with van der Waals surface area (Å²) in [4.78, 5) is 4.04. The molecule has 108 valence electrons. The lowest BCUT2D eigenvalue weighted by Crippen LogP contribution is -2.34. The molecule has 1 fully saturated rings. The van der Waals surface area contributed by atoms with Crippen molar-refractivity contribution in [1.82, 2.24) is 4.90 Å². The molecule has 1 nitrogen and oxygen atoms in total. The summed E-state index contributed by atoms with van der Waals surface area (Å²) < 4.78 is 0. The highest BCUT2D eigenvalue weighted by atomic mass is 32.2. The third kappa shape index (κ3) is 2.31. The van der Waals surface area contributed by atoms with Crippen molar-refractivity contribution in [3.8, 4) is 0 Å². The minimum Gasteiger partial charge on any atom is -0.295 e. The van der Waals surface area contributed by atoms with Gasteiger partial charge >= 0.3 is 0 Å². The molecule has 2 aromatic rings. The minimum absolute atomic E-state index is 0.534. The van der Waals surface area contributed by atoms with Gasteiger partial charge in [0.2, 0.25) is 0 Å². The Balaban J connectivity index is 1.76. The molecule has 1 saturated heterocycles. The van der Waals surface area contributed by atoms with Crippen molar-refractivity contribution in [2.75, 3.05) is 19.3 Å². The summed E-state index contributed by atoms with van der Waals surface area (Å²) in [6.07, 6.45) is 4.81. The van der Waals surface area contributed by atoms with Crippen molar-refractivity contribution in [1.29, 1.82) is 0 Å². The lowest BCUT2D eigenvalue weighted by atomic mass is 9.82. The molecule has 0 saturated carbocycles. The molecule has 2 aliphatic rings. The van der Waals surface area contributed by atoms with Crippen LogP contribution in [0.3, 0.4) is 0 Å². The van der Waals surface area contributed by atoms with Gasteiger partial charge in [0.05, 0.1) is 0 Å². The predicted octanol–water partition coefficient (Wildman–Crippen LogP) is 4.69. The van der Waals surface area contributed by atoms with Crippen molar-refractivity contribution in [2.24, 2.45) is 0 Å². The standard InChI is InChI=1S/C19H21NS/c1-21-15-10-8-14(9-11-15)18-13-20-12-4-7-19(20)17-6-3-2-5-16(17)18/h2-3,5-6,8-11,18-19H,4,7,12-13H2,1H3/t18-,19+/m0/s1/i1-1. The van der Waals surface area contributed by atoms with Gasteiger partial charge < -0.3 is 0 Å². The Labute approximate surface area is 131 Å². The smallest absolute Gasteiger partial charge is 0.0351 e. The maximum Gasteiger partial charge on any atom is 0.0351 e. The molecule has 0 spiro atoms. The molecule has 0 N–H and O–H groups in total. The second-order valence-corrected chi connectivity index (χ2v) is 6.99. The molecule has 0 aliphatic carbocycles. The highest BCUT2D eigenvalue weighted by Crippen LogP contribution is 2.44. The van der Waals surface area contributed by atoms with Gasteiger partial charge in [-0.15, -0.1) is 11.8 Å². The molecule has 2 aromatic carbocycles. The topological polar surface area (TPSA) is 3.24 Å². The first kappa shape index (κ1) is 13.4. The van der Waals surface area contributed by atoms with E-state index >= 15 is 0 Å². The van der Waals surface area contributed by atoms with Crippen LogP contribution in [0.25, 0.3) is 0 Å². The van der Waals surface area contributed by atoms with Crippen LogP contribution in [0.5, 0.6) is 0 Å². The van der Waals surface area contributed by atoms with E-state index in [9.17, 15) is 0 Å². The fourth-order valence-corrected chi connectivity index (χ4v) is 4.39. The molecule has 4 rings (SSSR count). The van der Waals surface area contributed by atoms with Crippen LogP contribution in [0, 0.1) is 0 Å². The van der Waals surface area contributed by atoms with Crippen LogP contribution in [0.15, 0.2) is 53.4 Å². The van der Waals surface area contributed by atoms with Gasteiger partial charge in [-0.2, -0.15) is 0 Å². The largest absolute Gasteiger partial charge is 0.295 e. The van der Waals surface area contributed by atoms with E-state index in [1.54, 1.807) is 11.1 Å². The summed E-state index contributed by atoms with van der Waals surface area (Å²) >= 11 is 1.81. The van der Waals surface area contributed by atoms with E-state index in [1.807, 2.05) is 11.8 Å². The van der Waals surface area contributed by atoms with E-state index in [0.29, 0.717) is 12.0 Å². The van der Waals surface area contributed by atoms with Crippen molar-refractivity contribution >= 4 is 11.8 Å². The zero-order chi connectivity index (χ0) is 14.2. The van der Waals surface area contributed by atoms with Crippen molar-refractivity contribution in [2.45, 2.75) is 29.7 Å². The normalized spacial score (nSPS) is 24.6. The number of hydrogen-bond donors (Lipinski definition) is 0. The van der Waals surface area contributed by atoms with Crippen LogP contribution in [0.2, 0.25) is 0 Å². The molecule has 2 heterocycles. The Bertz CT molecular complexity index is 634. The maximum atomic E-state index is 2.69. The fourth-order valence-electron chi connectivity index (χ4n) is 3.98. The SMILES string of the molecule is [11CH3]Sc1ccc([C@@H]2CN3CCC[C@@H]3c3ccccc32)cc1. The van der Waals surface area contributed by atoms with E-state index in [-0.39, 0.29) is 0 Å². The minimum atomic E-state index is 0.534. The molecule has 0 unspecified atom stereocenters. The lowest BCUT2D eigenvalue weighted by Gasteiger charge is -2.37. The van der Waals surface area contributed by atoms with Gasteiger partial charge in [-0.3, -0.25) is 4.90 Å². The van der Waals surface area contributed by atoms with Crippen molar-refractivity contribution < 1.29 is 0 Å². The van der Waals surface area contributed by atoms with Gasteiger partial charge in [-0.25, -0.2) is 0 Å². The van der Waals surface area contributed by atoms with Gasteiger partial charge in [0.15, 0.2) is 0 Å². The van der Waals surface area contributed by atoms with Crippen LogP contribution < -0.4 is 0 Å². The number of rotatable bonds is 2. The van der Waals surface area contributed by atoms with Crippen LogP contribution in [-0.2, 0) is 0 Å². The second kappa shape index (κ2) is 5.51. The third-order valence-corrected chi connectivity index (χ3v) is 5.77. The molecule has 0 amide bonds. The van der Waals surface area contributed by atoms with Crippen LogP contribution in [0.1, 0.15) is 41.5 Å². The Morgan fingerprint density at radius 2 is 1.76 bits per heavy atom. The average Bonchev–Trinajstić information content (AvgIpc) is 3.03. The number of thioether (sulfide) groups is 1. The average molecular weight is 294 g/mol. The zero-order valence-electron chi connectivity index (χ0n) is 12.5. The summed E-state index contributed by atoms with van der Waals surface area (Å²) in [5.41, 5.74) is 4.59. The van der Waals surface area contributed by atoms with E-state index in [0.717, 1.165) is 0 Å². The van der Waals surface area contributed by atoms with Gasteiger partial charge in [0.25, 0.3) is 0 Å². The highest BCUT2D eigenvalue weighted by Gasteiger charge is 2.35. The predicted molar refractivity (Wildman–Crippen MR) is 90.1 cm³/mol. The van der Waals surface area contributed by atoms with Gasteiger partial charge in [0.1, 0.15) is 0 Å². The Morgan fingerprint density at radius 3 is 2.52 bits per heavy atom. The Kier molecular flexibility index (Phi) is 3.52. The van der Waals surface area contributed by atoms with Crippen molar-refractivity contribution in [3.05, 3.63) is 65.2 Å². The van der Waals surface area contributed by atoms with E-state index in [2.05, 4.69) is 59.7 Å². The molecular formula is C19H21NS. The van der Waals surface area contributed by atoms with Gasteiger partial charge in [0, 0.05) is 23.4 Å². The molecule has 0 bridgehead atoms. The first-order chi connectivity index (χ1) is 10.4. The number of fused-ring (bicyclic) bond motifs is 3. The summed E-state index contributed by atoms with van der Waals surface area (Å²) in [6, 6.07) is 18.9. The summed E-state index contributed by atoms with van der Waals surface area (Å²) in [7, 11) is 0. The Morgan fingerprint density at radius 1 is 1.00 bits per heavy atom. The highest BCUT2D eigenvalue weighted by molar-refractivity contribution is 7.98. The number of benzene rings is 2. The van der Waals surface area contributed by atoms with E-state index in [1.165, 1.54) is 36.4 Å².